The maximum absolute atomic E-state index is 11.8. The minimum Gasteiger partial charge on any atom is -0.478 e. The number of aromatic carboxylic acids is 1. The van der Waals surface area contributed by atoms with Crippen molar-refractivity contribution in [3.05, 3.63) is 125 Å². The first-order valence-electron chi connectivity index (χ1n) is 15.0. The Hall–Kier alpha value is -4.15. The topological polar surface area (TPSA) is 117 Å². The van der Waals surface area contributed by atoms with Gasteiger partial charge in [-0.2, -0.15) is 0 Å². The van der Waals surface area contributed by atoms with Gasteiger partial charge >= 0.3 is 12.0 Å². The summed E-state index contributed by atoms with van der Waals surface area (Å²) >= 11 is 1.47. The number of aliphatic hydroxyl groups excluding tert-OH is 1. The number of thioether (sulfide) groups is 1. The first kappa shape index (κ1) is 32.2. The number of ether oxygens (including phenoxy) is 2. The number of aliphatic hydroxyl groups is 1. The summed E-state index contributed by atoms with van der Waals surface area (Å²) in [5.74, 6) is -0.436. The second-order valence-corrected chi connectivity index (χ2v) is 12.0. The lowest BCUT2D eigenvalue weighted by molar-refractivity contribution is -0.268. The van der Waals surface area contributed by atoms with Gasteiger partial charge in [-0.15, -0.1) is 11.8 Å². The van der Waals surface area contributed by atoms with Gasteiger partial charge in [-0.05, 0) is 52.9 Å². The zero-order valence-corrected chi connectivity index (χ0v) is 26.1. The standard InChI is InChI=1S/C36H38N2O6S/c1-3-37-36(42)38-20-25-7-6-8-29(19-25)26-15-17-28(18-16-26)35-43-31(22-45-32-10-5-4-9-30(32)34(40)41)23(2)33(44-35)27-13-11-24(21-39)12-14-27/h4-19,23,31,33,35,39H,3,20-22H2,1-2H3,(H,40,41)(H2,37,38,42)/t23-,31+,33+,35+/m1/s1. The summed E-state index contributed by atoms with van der Waals surface area (Å²) in [5.41, 5.74) is 6.01. The minimum atomic E-state index is -0.956. The van der Waals surface area contributed by atoms with E-state index < -0.39 is 12.3 Å². The lowest BCUT2D eigenvalue weighted by Gasteiger charge is -2.41. The van der Waals surface area contributed by atoms with E-state index in [1.54, 1.807) is 12.1 Å². The van der Waals surface area contributed by atoms with Crippen molar-refractivity contribution in [1.29, 1.82) is 0 Å². The molecule has 9 heteroatoms. The largest absolute Gasteiger partial charge is 0.478 e. The van der Waals surface area contributed by atoms with Crippen molar-refractivity contribution >= 4 is 23.8 Å². The highest BCUT2D eigenvalue weighted by Crippen LogP contribution is 2.43. The predicted octanol–water partition coefficient (Wildman–Crippen LogP) is 6.95. The van der Waals surface area contributed by atoms with Crippen LogP contribution in [0.5, 0.6) is 0 Å². The van der Waals surface area contributed by atoms with Crippen molar-refractivity contribution in [2.24, 2.45) is 5.92 Å². The van der Waals surface area contributed by atoms with Gasteiger partial charge in [0.15, 0.2) is 6.29 Å². The quantitative estimate of drug-likeness (QED) is 0.133. The number of hydrogen-bond donors (Lipinski definition) is 4. The Morgan fingerprint density at radius 3 is 2.27 bits per heavy atom. The molecule has 0 saturated carbocycles. The first-order valence-corrected chi connectivity index (χ1v) is 16.0. The lowest BCUT2D eigenvalue weighted by atomic mass is 9.91. The van der Waals surface area contributed by atoms with Gasteiger partial charge in [-0.1, -0.05) is 85.8 Å². The Morgan fingerprint density at radius 1 is 0.822 bits per heavy atom. The molecule has 5 rings (SSSR count). The fourth-order valence-electron chi connectivity index (χ4n) is 5.35. The molecule has 4 aromatic carbocycles. The van der Waals surface area contributed by atoms with E-state index in [9.17, 15) is 19.8 Å². The van der Waals surface area contributed by atoms with Gasteiger partial charge in [0.05, 0.1) is 24.4 Å². The predicted molar refractivity (Wildman–Crippen MR) is 175 cm³/mol. The molecule has 8 nitrogen and oxygen atoms in total. The van der Waals surface area contributed by atoms with Gasteiger partial charge < -0.3 is 30.3 Å². The van der Waals surface area contributed by atoms with Crippen LogP contribution >= 0.6 is 11.8 Å². The zero-order chi connectivity index (χ0) is 31.8. The Balaban J connectivity index is 1.36. The number of carboxylic acids is 1. The molecule has 234 valence electrons. The van der Waals surface area contributed by atoms with Gasteiger partial charge in [0, 0.05) is 35.2 Å². The van der Waals surface area contributed by atoms with Crippen LogP contribution in [0.15, 0.2) is 102 Å². The molecule has 4 atom stereocenters. The Bertz CT molecular complexity index is 1590. The van der Waals surface area contributed by atoms with E-state index in [2.05, 4.69) is 23.6 Å². The highest BCUT2D eigenvalue weighted by atomic mass is 32.2. The zero-order valence-electron chi connectivity index (χ0n) is 25.3. The van der Waals surface area contributed by atoms with E-state index in [-0.39, 0.29) is 36.3 Å². The molecule has 0 bridgehead atoms. The van der Waals surface area contributed by atoms with Gasteiger partial charge in [0.1, 0.15) is 0 Å². The summed E-state index contributed by atoms with van der Waals surface area (Å²) in [6.45, 7) is 4.93. The maximum Gasteiger partial charge on any atom is 0.336 e. The molecule has 1 fully saturated rings. The van der Waals surface area contributed by atoms with E-state index in [0.29, 0.717) is 23.7 Å². The smallest absolute Gasteiger partial charge is 0.336 e. The van der Waals surface area contributed by atoms with E-state index in [1.807, 2.05) is 85.8 Å². The summed E-state index contributed by atoms with van der Waals surface area (Å²) in [5, 5.41) is 24.8. The Kier molecular flexibility index (Phi) is 10.9. The number of amides is 2. The summed E-state index contributed by atoms with van der Waals surface area (Å²) in [6.07, 6.45) is -1.14. The van der Waals surface area contributed by atoms with Crippen molar-refractivity contribution in [3.8, 4) is 11.1 Å². The average Bonchev–Trinajstić information content (AvgIpc) is 3.07. The van der Waals surface area contributed by atoms with Gasteiger partial charge in [-0.3, -0.25) is 0 Å². The Morgan fingerprint density at radius 2 is 1.56 bits per heavy atom. The second-order valence-electron chi connectivity index (χ2n) is 11.0. The third-order valence-corrected chi connectivity index (χ3v) is 9.04. The fourth-order valence-corrected chi connectivity index (χ4v) is 6.56. The Labute approximate surface area is 267 Å². The molecule has 0 aliphatic carbocycles. The second kappa shape index (κ2) is 15.2. The van der Waals surface area contributed by atoms with Crippen molar-refractivity contribution in [3.63, 3.8) is 0 Å². The molecule has 45 heavy (non-hydrogen) atoms. The fraction of sp³-hybridized carbons (Fsp3) is 0.278. The van der Waals surface area contributed by atoms with Crippen LogP contribution in [0.4, 0.5) is 4.79 Å². The van der Waals surface area contributed by atoms with Crippen LogP contribution in [0.2, 0.25) is 0 Å². The first-order chi connectivity index (χ1) is 21.9. The van der Waals surface area contributed by atoms with Crippen LogP contribution in [-0.4, -0.2) is 40.6 Å². The van der Waals surface area contributed by atoms with Crippen LogP contribution in [0.1, 0.15) is 58.9 Å². The summed E-state index contributed by atoms with van der Waals surface area (Å²) < 4.78 is 13.2. The minimum absolute atomic E-state index is 0.0271. The van der Waals surface area contributed by atoms with Crippen LogP contribution < -0.4 is 10.6 Å². The number of carbonyl (C=O) groups is 2. The summed E-state index contributed by atoms with van der Waals surface area (Å²) in [6, 6.07) is 30.7. The lowest BCUT2D eigenvalue weighted by Crippen LogP contribution is -2.38. The van der Waals surface area contributed by atoms with Crippen LogP contribution in [0.25, 0.3) is 11.1 Å². The van der Waals surface area contributed by atoms with Gasteiger partial charge in [-0.25, -0.2) is 9.59 Å². The molecule has 0 aromatic heterocycles. The number of benzene rings is 4. The molecule has 1 aliphatic rings. The molecule has 2 amide bonds. The van der Waals surface area contributed by atoms with E-state index in [0.717, 1.165) is 33.4 Å². The highest BCUT2D eigenvalue weighted by molar-refractivity contribution is 7.99. The van der Waals surface area contributed by atoms with Gasteiger partial charge in [0.2, 0.25) is 0 Å². The molecule has 1 aliphatic heterocycles. The summed E-state index contributed by atoms with van der Waals surface area (Å²) in [7, 11) is 0. The molecule has 0 unspecified atom stereocenters. The summed E-state index contributed by atoms with van der Waals surface area (Å²) in [4.78, 5) is 24.3. The molecule has 1 heterocycles. The number of hydrogen-bond acceptors (Lipinski definition) is 6. The monoisotopic (exact) mass is 626 g/mol. The number of urea groups is 1. The third-order valence-electron chi connectivity index (χ3n) is 7.88. The van der Waals surface area contributed by atoms with Crippen molar-refractivity contribution in [1.82, 2.24) is 10.6 Å². The molecule has 0 spiro atoms. The highest BCUT2D eigenvalue weighted by Gasteiger charge is 2.38. The SMILES string of the molecule is CCNC(=O)NCc1cccc(-c2ccc([C@H]3O[C@@H](CSc4ccccc4C(=O)O)[C@@H](C)[C@@H](c4ccc(CO)cc4)O3)cc2)c1. The third kappa shape index (κ3) is 8.12. The molecule has 1 saturated heterocycles. The van der Waals surface area contributed by atoms with Crippen LogP contribution in [0, 0.1) is 5.92 Å². The maximum atomic E-state index is 11.8. The molecule has 4 N–H and O–H groups in total. The van der Waals surface area contributed by atoms with Crippen molar-refractivity contribution in [2.75, 3.05) is 12.3 Å². The number of carboxylic acid groups (broad SMARTS) is 1. The van der Waals surface area contributed by atoms with Gasteiger partial charge in [0.25, 0.3) is 0 Å². The van der Waals surface area contributed by atoms with Crippen molar-refractivity contribution < 1.29 is 29.3 Å². The number of carbonyl (C=O) groups excluding carboxylic acids is 1. The molecular weight excluding hydrogens is 588 g/mol. The van der Waals surface area contributed by atoms with E-state index >= 15 is 0 Å². The normalized spacial score (nSPS) is 19.5. The number of nitrogens with one attached hydrogen (secondary N) is 2. The van der Waals surface area contributed by atoms with Crippen molar-refractivity contribution in [2.45, 2.75) is 50.4 Å². The van der Waals surface area contributed by atoms with Crippen LogP contribution in [0.3, 0.4) is 0 Å². The van der Waals surface area contributed by atoms with E-state index in [4.69, 9.17) is 9.47 Å². The molecular formula is C36H38N2O6S. The average molecular weight is 627 g/mol. The van der Waals surface area contributed by atoms with Crippen LogP contribution in [-0.2, 0) is 22.6 Å². The van der Waals surface area contributed by atoms with E-state index in [1.165, 1.54) is 11.8 Å². The number of rotatable bonds is 11. The molecule has 0 radical (unpaired) electrons. The molecule has 4 aromatic rings.